The molecule has 0 unspecified atom stereocenters. The number of aromatic nitrogens is 1. The van der Waals surface area contributed by atoms with Gasteiger partial charge in [0.2, 0.25) is 0 Å². The fourth-order valence-electron chi connectivity index (χ4n) is 1.44. The Hall–Kier alpha value is -1.95. The molecule has 1 heterocycles. The summed E-state index contributed by atoms with van der Waals surface area (Å²) in [4.78, 5) is 4.92. The molecule has 4 nitrogen and oxygen atoms in total. The van der Waals surface area contributed by atoms with Crippen molar-refractivity contribution in [3.8, 4) is 5.75 Å². The molecule has 1 aromatic carbocycles. The van der Waals surface area contributed by atoms with E-state index in [-0.39, 0.29) is 18.3 Å². The van der Waals surface area contributed by atoms with E-state index in [9.17, 15) is 4.39 Å². The van der Waals surface area contributed by atoms with Crippen LogP contribution in [0.1, 0.15) is 15.6 Å². The van der Waals surface area contributed by atoms with Gasteiger partial charge in [-0.3, -0.25) is 5.41 Å². The molecule has 0 bridgehead atoms. The summed E-state index contributed by atoms with van der Waals surface area (Å²) in [6.45, 7) is 2.08. The molecule has 18 heavy (non-hydrogen) atoms. The number of rotatable bonds is 4. The molecule has 0 radical (unpaired) electrons. The predicted octanol–water partition coefficient (Wildman–Crippen LogP) is 2.45. The maximum atomic E-state index is 12.7. The van der Waals surface area contributed by atoms with Crippen molar-refractivity contribution >= 4 is 17.2 Å². The molecule has 2 aromatic rings. The molecular formula is C12H12FN3OS. The molecule has 0 aliphatic rings. The van der Waals surface area contributed by atoms with Gasteiger partial charge in [0, 0.05) is 0 Å². The zero-order valence-corrected chi connectivity index (χ0v) is 10.6. The summed E-state index contributed by atoms with van der Waals surface area (Å²) < 4.78 is 18.2. The molecule has 94 valence electrons. The van der Waals surface area contributed by atoms with Gasteiger partial charge in [0.15, 0.2) is 0 Å². The van der Waals surface area contributed by atoms with E-state index in [4.69, 9.17) is 15.9 Å². The summed E-state index contributed by atoms with van der Waals surface area (Å²) >= 11 is 1.33. The Bertz CT molecular complexity index is 565. The third kappa shape index (κ3) is 2.84. The van der Waals surface area contributed by atoms with E-state index < -0.39 is 0 Å². The van der Waals surface area contributed by atoms with E-state index in [1.807, 2.05) is 0 Å². The van der Waals surface area contributed by atoms with Gasteiger partial charge in [0.05, 0.1) is 10.6 Å². The number of aryl methyl sites for hydroxylation is 1. The molecule has 3 N–H and O–H groups in total. The molecule has 6 heteroatoms. The van der Waals surface area contributed by atoms with Crippen molar-refractivity contribution in [1.82, 2.24) is 4.98 Å². The van der Waals surface area contributed by atoms with Gasteiger partial charge >= 0.3 is 0 Å². The van der Waals surface area contributed by atoms with Gasteiger partial charge in [-0.2, -0.15) is 0 Å². The zero-order valence-electron chi connectivity index (χ0n) is 9.74. The highest BCUT2D eigenvalue weighted by atomic mass is 32.1. The number of benzene rings is 1. The average Bonchev–Trinajstić information content (AvgIpc) is 2.70. The van der Waals surface area contributed by atoms with E-state index in [0.29, 0.717) is 10.6 Å². The fourth-order valence-corrected chi connectivity index (χ4v) is 2.28. The van der Waals surface area contributed by atoms with Crippen LogP contribution in [0.15, 0.2) is 24.3 Å². The molecule has 0 spiro atoms. The third-order valence-electron chi connectivity index (χ3n) is 2.26. The van der Waals surface area contributed by atoms with E-state index in [1.165, 1.54) is 23.5 Å². The monoisotopic (exact) mass is 265 g/mol. The standard InChI is InChI=1S/C12H12FN3OS/c1-7-11(12(14)15)18-10(16-7)6-17-9-4-2-8(13)3-5-9/h2-5H,6H2,1H3,(H3,14,15). The van der Waals surface area contributed by atoms with Gasteiger partial charge in [0.25, 0.3) is 0 Å². The quantitative estimate of drug-likeness (QED) is 0.659. The number of ether oxygens (including phenoxy) is 1. The molecule has 0 aliphatic carbocycles. The van der Waals surface area contributed by atoms with E-state index in [2.05, 4.69) is 4.98 Å². The summed E-state index contributed by atoms with van der Waals surface area (Å²) in [5.41, 5.74) is 6.15. The lowest BCUT2D eigenvalue weighted by molar-refractivity contribution is 0.305. The lowest BCUT2D eigenvalue weighted by Gasteiger charge is -2.02. The first-order valence-electron chi connectivity index (χ1n) is 5.25. The minimum absolute atomic E-state index is 0.0121. The number of nitrogen functional groups attached to an aromatic ring is 1. The maximum Gasteiger partial charge on any atom is 0.140 e. The van der Waals surface area contributed by atoms with Crippen molar-refractivity contribution in [2.75, 3.05) is 0 Å². The molecule has 0 aliphatic heterocycles. The van der Waals surface area contributed by atoms with Crippen LogP contribution in [0.5, 0.6) is 5.75 Å². The summed E-state index contributed by atoms with van der Waals surface area (Å²) in [5, 5.41) is 8.11. The summed E-state index contributed by atoms with van der Waals surface area (Å²) in [6.07, 6.45) is 0. The highest BCUT2D eigenvalue weighted by molar-refractivity contribution is 7.13. The molecule has 0 saturated carbocycles. The average molecular weight is 265 g/mol. The van der Waals surface area contributed by atoms with E-state index in [1.54, 1.807) is 19.1 Å². The van der Waals surface area contributed by atoms with Gasteiger partial charge in [-0.1, -0.05) is 0 Å². The normalized spacial score (nSPS) is 10.3. The highest BCUT2D eigenvalue weighted by Crippen LogP contribution is 2.19. The Kier molecular flexibility index (Phi) is 3.57. The van der Waals surface area contributed by atoms with Crippen LogP contribution in [-0.2, 0) is 6.61 Å². The Labute approximate surface area is 108 Å². The first kappa shape index (κ1) is 12.5. The van der Waals surface area contributed by atoms with Gasteiger partial charge in [-0.15, -0.1) is 11.3 Å². The molecular weight excluding hydrogens is 253 g/mol. The van der Waals surface area contributed by atoms with Crippen LogP contribution < -0.4 is 10.5 Å². The first-order chi connectivity index (χ1) is 8.56. The van der Waals surface area contributed by atoms with E-state index >= 15 is 0 Å². The second-order valence-electron chi connectivity index (χ2n) is 3.68. The minimum atomic E-state index is -0.300. The van der Waals surface area contributed by atoms with Crippen LogP contribution in [-0.4, -0.2) is 10.8 Å². The van der Waals surface area contributed by atoms with Gasteiger partial charge in [0.1, 0.15) is 29.0 Å². The Morgan fingerprint density at radius 1 is 1.44 bits per heavy atom. The van der Waals surface area contributed by atoms with Gasteiger partial charge < -0.3 is 10.5 Å². The van der Waals surface area contributed by atoms with Crippen LogP contribution in [0.2, 0.25) is 0 Å². The number of thiazole rings is 1. The maximum absolute atomic E-state index is 12.7. The van der Waals surface area contributed by atoms with Crippen molar-refractivity contribution in [2.45, 2.75) is 13.5 Å². The number of nitrogens with zero attached hydrogens (tertiary/aromatic N) is 1. The molecule has 0 atom stereocenters. The zero-order chi connectivity index (χ0) is 13.1. The van der Waals surface area contributed by atoms with Crippen molar-refractivity contribution in [3.05, 3.63) is 45.7 Å². The molecule has 1 aromatic heterocycles. The molecule has 0 saturated heterocycles. The van der Waals surface area contributed by atoms with Crippen LogP contribution in [0.4, 0.5) is 4.39 Å². The second-order valence-corrected chi connectivity index (χ2v) is 4.76. The smallest absolute Gasteiger partial charge is 0.140 e. The van der Waals surface area contributed by atoms with Crippen LogP contribution in [0.25, 0.3) is 0 Å². The number of nitrogens with two attached hydrogens (primary N) is 1. The third-order valence-corrected chi connectivity index (χ3v) is 3.43. The van der Waals surface area contributed by atoms with Gasteiger partial charge in [-0.25, -0.2) is 9.37 Å². The number of hydrogen-bond acceptors (Lipinski definition) is 4. The van der Waals surface area contributed by atoms with Crippen LogP contribution in [0, 0.1) is 18.2 Å². The van der Waals surface area contributed by atoms with Crippen LogP contribution >= 0.6 is 11.3 Å². The van der Waals surface area contributed by atoms with Crippen molar-refractivity contribution < 1.29 is 9.13 Å². The molecule has 0 amide bonds. The topological polar surface area (TPSA) is 72.0 Å². The number of nitrogens with one attached hydrogen (secondary N) is 1. The lowest BCUT2D eigenvalue weighted by Crippen LogP contribution is -2.10. The largest absolute Gasteiger partial charge is 0.486 e. The lowest BCUT2D eigenvalue weighted by atomic mass is 10.3. The summed E-state index contributed by atoms with van der Waals surface area (Å²) in [7, 11) is 0. The first-order valence-corrected chi connectivity index (χ1v) is 6.07. The van der Waals surface area contributed by atoms with Crippen LogP contribution in [0.3, 0.4) is 0 Å². The SMILES string of the molecule is Cc1nc(COc2ccc(F)cc2)sc1C(=N)N. The number of hydrogen-bond donors (Lipinski definition) is 2. The molecule has 2 rings (SSSR count). The Morgan fingerprint density at radius 3 is 2.67 bits per heavy atom. The number of halogens is 1. The van der Waals surface area contributed by atoms with Crippen molar-refractivity contribution in [3.63, 3.8) is 0 Å². The van der Waals surface area contributed by atoms with Crippen molar-refractivity contribution in [2.24, 2.45) is 5.73 Å². The predicted molar refractivity (Wildman–Crippen MR) is 68.6 cm³/mol. The second kappa shape index (κ2) is 5.14. The Morgan fingerprint density at radius 2 is 2.11 bits per heavy atom. The fraction of sp³-hybridized carbons (Fsp3) is 0.167. The highest BCUT2D eigenvalue weighted by Gasteiger charge is 2.10. The minimum Gasteiger partial charge on any atom is -0.486 e. The van der Waals surface area contributed by atoms with Crippen molar-refractivity contribution in [1.29, 1.82) is 5.41 Å². The van der Waals surface area contributed by atoms with Gasteiger partial charge in [-0.05, 0) is 31.2 Å². The Balaban J connectivity index is 2.04. The molecule has 0 fully saturated rings. The number of amidine groups is 1. The summed E-state index contributed by atoms with van der Waals surface area (Å²) in [6, 6.07) is 5.79. The van der Waals surface area contributed by atoms with E-state index in [0.717, 1.165) is 10.7 Å². The summed E-state index contributed by atoms with van der Waals surface area (Å²) in [5.74, 6) is 0.290.